The SMILES string of the molecule is Cc1nc(NC(=O)c2sc3cc(Cl)ccc3c2Cl)c(C)c(C)c1OCc1ccccc1. The van der Waals surface area contributed by atoms with E-state index in [9.17, 15) is 4.79 Å². The van der Waals surface area contributed by atoms with Crippen LogP contribution in [0.25, 0.3) is 10.1 Å². The van der Waals surface area contributed by atoms with E-state index in [0.29, 0.717) is 33.0 Å². The van der Waals surface area contributed by atoms with Crippen LogP contribution in [0.5, 0.6) is 5.75 Å². The zero-order valence-electron chi connectivity index (χ0n) is 17.3. The lowest BCUT2D eigenvalue weighted by atomic mass is 10.1. The molecule has 0 bridgehead atoms. The summed E-state index contributed by atoms with van der Waals surface area (Å²) in [7, 11) is 0. The second kappa shape index (κ2) is 8.87. The van der Waals surface area contributed by atoms with E-state index in [0.717, 1.165) is 32.5 Å². The molecule has 0 saturated heterocycles. The van der Waals surface area contributed by atoms with Gasteiger partial charge in [-0.3, -0.25) is 4.79 Å². The fraction of sp³-hybridized carbons (Fsp3) is 0.167. The predicted molar refractivity (Wildman–Crippen MR) is 129 cm³/mol. The van der Waals surface area contributed by atoms with E-state index < -0.39 is 0 Å². The van der Waals surface area contributed by atoms with Crippen molar-refractivity contribution in [2.75, 3.05) is 5.32 Å². The number of nitrogens with one attached hydrogen (secondary N) is 1. The van der Waals surface area contributed by atoms with Crippen molar-refractivity contribution in [1.82, 2.24) is 4.98 Å². The highest BCUT2D eigenvalue weighted by Gasteiger charge is 2.20. The van der Waals surface area contributed by atoms with Gasteiger partial charge in [0.05, 0.1) is 10.7 Å². The molecular weight excluding hydrogens is 451 g/mol. The highest BCUT2D eigenvalue weighted by atomic mass is 35.5. The summed E-state index contributed by atoms with van der Waals surface area (Å²) in [6.45, 7) is 6.21. The minimum Gasteiger partial charge on any atom is -0.487 e. The molecule has 0 aliphatic rings. The number of pyridine rings is 1. The Kier molecular flexibility index (Phi) is 6.19. The Bertz CT molecular complexity index is 1290. The largest absolute Gasteiger partial charge is 0.487 e. The quantitative estimate of drug-likeness (QED) is 0.331. The normalized spacial score (nSPS) is 11.0. The smallest absolute Gasteiger partial charge is 0.268 e. The van der Waals surface area contributed by atoms with E-state index in [4.69, 9.17) is 27.9 Å². The second-order valence-corrected chi connectivity index (χ2v) is 9.11. The van der Waals surface area contributed by atoms with Gasteiger partial charge >= 0.3 is 0 Å². The molecule has 1 amide bonds. The summed E-state index contributed by atoms with van der Waals surface area (Å²) >= 11 is 13.8. The summed E-state index contributed by atoms with van der Waals surface area (Å²) in [6.07, 6.45) is 0. The predicted octanol–water partition coefficient (Wildman–Crippen LogP) is 7.36. The minimum atomic E-state index is -0.297. The molecule has 2 aromatic carbocycles. The van der Waals surface area contributed by atoms with Crippen molar-refractivity contribution in [1.29, 1.82) is 0 Å². The molecule has 2 aromatic heterocycles. The van der Waals surface area contributed by atoms with E-state index in [1.54, 1.807) is 12.1 Å². The van der Waals surface area contributed by atoms with Gasteiger partial charge in [-0.2, -0.15) is 0 Å². The average molecular weight is 471 g/mol. The lowest BCUT2D eigenvalue weighted by Crippen LogP contribution is -2.15. The number of anilines is 1. The molecule has 4 rings (SSSR count). The number of hydrogen-bond donors (Lipinski definition) is 1. The summed E-state index contributed by atoms with van der Waals surface area (Å²) in [4.78, 5) is 18.0. The number of halogens is 2. The number of carbonyl (C=O) groups excluding carboxylic acids is 1. The van der Waals surface area contributed by atoms with Gasteiger partial charge in [-0.25, -0.2) is 4.98 Å². The van der Waals surface area contributed by atoms with Gasteiger partial charge in [-0.1, -0.05) is 59.6 Å². The summed E-state index contributed by atoms with van der Waals surface area (Å²) < 4.78 is 6.91. The summed E-state index contributed by atoms with van der Waals surface area (Å²) in [6, 6.07) is 15.4. The number of aryl methyl sites for hydroxylation is 1. The molecule has 31 heavy (non-hydrogen) atoms. The molecule has 4 nitrogen and oxygen atoms in total. The molecule has 0 saturated carbocycles. The summed E-state index contributed by atoms with van der Waals surface area (Å²) in [5.41, 5.74) is 3.58. The number of benzene rings is 2. The van der Waals surface area contributed by atoms with Crippen LogP contribution in [0.2, 0.25) is 10.0 Å². The first-order valence-electron chi connectivity index (χ1n) is 9.68. The number of carbonyl (C=O) groups is 1. The van der Waals surface area contributed by atoms with Gasteiger partial charge in [0.2, 0.25) is 0 Å². The number of ether oxygens (including phenoxy) is 1. The Morgan fingerprint density at radius 3 is 2.55 bits per heavy atom. The van der Waals surface area contributed by atoms with Gasteiger partial charge in [-0.15, -0.1) is 11.3 Å². The first-order chi connectivity index (χ1) is 14.8. The van der Waals surface area contributed by atoms with Crippen molar-refractivity contribution in [3.05, 3.63) is 85.8 Å². The van der Waals surface area contributed by atoms with Gasteiger partial charge in [0, 0.05) is 15.1 Å². The molecule has 7 heteroatoms. The van der Waals surface area contributed by atoms with E-state index in [1.165, 1.54) is 11.3 Å². The Labute approximate surface area is 194 Å². The summed E-state index contributed by atoms with van der Waals surface area (Å²) in [5, 5.41) is 4.74. The highest BCUT2D eigenvalue weighted by molar-refractivity contribution is 7.21. The molecule has 0 radical (unpaired) electrons. The molecule has 0 fully saturated rings. The Balaban J connectivity index is 1.59. The van der Waals surface area contributed by atoms with Crippen LogP contribution in [0.4, 0.5) is 5.82 Å². The topological polar surface area (TPSA) is 51.2 Å². The van der Waals surface area contributed by atoms with Crippen molar-refractivity contribution in [2.45, 2.75) is 27.4 Å². The molecule has 4 aromatic rings. The molecule has 0 aliphatic heterocycles. The first kappa shape index (κ1) is 21.6. The maximum atomic E-state index is 13.0. The zero-order valence-corrected chi connectivity index (χ0v) is 19.6. The van der Waals surface area contributed by atoms with E-state index in [-0.39, 0.29) is 5.91 Å². The number of thiophene rings is 1. The third-order valence-corrected chi connectivity index (χ3v) is 7.01. The summed E-state index contributed by atoms with van der Waals surface area (Å²) in [5.74, 6) is 0.933. The Hall–Kier alpha value is -2.60. The van der Waals surface area contributed by atoms with Crippen molar-refractivity contribution < 1.29 is 9.53 Å². The average Bonchev–Trinajstić information content (AvgIpc) is 3.08. The number of amides is 1. The maximum Gasteiger partial charge on any atom is 0.268 e. The van der Waals surface area contributed by atoms with Crippen molar-refractivity contribution in [3.63, 3.8) is 0 Å². The number of nitrogens with zero attached hydrogens (tertiary/aromatic N) is 1. The zero-order chi connectivity index (χ0) is 22.1. The number of aromatic nitrogens is 1. The highest BCUT2D eigenvalue weighted by Crippen LogP contribution is 2.37. The van der Waals surface area contributed by atoms with Crippen molar-refractivity contribution in [2.24, 2.45) is 0 Å². The van der Waals surface area contributed by atoms with Gasteiger partial charge < -0.3 is 10.1 Å². The van der Waals surface area contributed by atoms with Crippen LogP contribution in [0, 0.1) is 20.8 Å². The third kappa shape index (κ3) is 4.40. The molecule has 0 aliphatic carbocycles. The number of fused-ring (bicyclic) bond motifs is 1. The van der Waals surface area contributed by atoms with Crippen LogP contribution in [0.3, 0.4) is 0 Å². The van der Waals surface area contributed by atoms with E-state index in [2.05, 4.69) is 10.3 Å². The van der Waals surface area contributed by atoms with Crippen LogP contribution < -0.4 is 10.1 Å². The number of hydrogen-bond acceptors (Lipinski definition) is 4. The molecule has 0 spiro atoms. The van der Waals surface area contributed by atoms with Gasteiger partial charge in [0.1, 0.15) is 23.1 Å². The first-order valence-corrected chi connectivity index (χ1v) is 11.3. The molecule has 1 N–H and O–H groups in total. The van der Waals surface area contributed by atoms with Gasteiger partial charge in [0.25, 0.3) is 5.91 Å². The standard InChI is InChI=1S/C24H20Cl2N2O2S/c1-13-14(2)23(27-15(3)21(13)30-12-16-7-5-4-6-8-16)28-24(29)22-20(26)18-10-9-17(25)11-19(18)31-22/h4-11H,12H2,1-3H3,(H,27,28,29). The van der Waals surface area contributed by atoms with E-state index >= 15 is 0 Å². The van der Waals surface area contributed by atoms with Crippen LogP contribution in [-0.2, 0) is 6.61 Å². The molecular formula is C24H20Cl2N2O2S. The lowest BCUT2D eigenvalue weighted by molar-refractivity contribution is 0.103. The van der Waals surface area contributed by atoms with Crippen molar-refractivity contribution in [3.8, 4) is 5.75 Å². The van der Waals surface area contributed by atoms with Crippen LogP contribution in [0.1, 0.15) is 32.1 Å². The second-order valence-electron chi connectivity index (χ2n) is 7.24. The van der Waals surface area contributed by atoms with E-state index in [1.807, 2.05) is 57.2 Å². The Morgan fingerprint density at radius 1 is 1.06 bits per heavy atom. The molecule has 0 unspecified atom stereocenters. The fourth-order valence-electron chi connectivity index (χ4n) is 3.34. The van der Waals surface area contributed by atoms with Crippen molar-refractivity contribution >= 4 is 56.3 Å². The number of rotatable bonds is 5. The maximum absolute atomic E-state index is 13.0. The molecule has 158 valence electrons. The van der Waals surface area contributed by atoms with Gasteiger partial charge in [0.15, 0.2) is 0 Å². The molecule has 0 atom stereocenters. The van der Waals surface area contributed by atoms with Crippen LogP contribution >= 0.6 is 34.5 Å². The minimum absolute atomic E-state index is 0.297. The lowest BCUT2D eigenvalue weighted by Gasteiger charge is -2.17. The third-order valence-electron chi connectivity index (χ3n) is 5.12. The van der Waals surface area contributed by atoms with Crippen LogP contribution in [0.15, 0.2) is 48.5 Å². The fourth-order valence-corrected chi connectivity index (χ4v) is 5.02. The Morgan fingerprint density at radius 2 is 1.81 bits per heavy atom. The van der Waals surface area contributed by atoms with Crippen LogP contribution in [-0.4, -0.2) is 10.9 Å². The molecule has 2 heterocycles. The van der Waals surface area contributed by atoms with Gasteiger partial charge in [-0.05, 0) is 49.6 Å². The monoisotopic (exact) mass is 470 g/mol.